The van der Waals surface area contributed by atoms with Crippen LogP contribution in [0.15, 0.2) is 0 Å². The third kappa shape index (κ3) is 2430. The molecule has 0 rings (SSSR count). The molecular formula is H12NaO13P3. The Morgan fingerprint density at radius 3 is 0.529 bits per heavy atom. The van der Waals surface area contributed by atoms with Gasteiger partial charge < -0.3 is 50.9 Å². The normalized spacial score (nSPS) is 10.4. The maximum Gasteiger partial charge on any atom is 1.00 e. The van der Waals surface area contributed by atoms with Gasteiger partial charge in [-0.15, -0.1) is 0 Å². The molecule has 0 saturated heterocycles. The Bertz CT molecular complexity index is 208. The molecule has 17 heteroatoms. The fourth-order valence-electron chi connectivity index (χ4n) is 0. The van der Waals surface area contributed by atoms with E-state index in [2.05, 4.69) is 0 Å². The third-order valence-electron chi connectivity index (χ3n) is 0. The zero-order valence-electron chi connectivity index (χ0n) is 9.09. The molecule has 106 valence electrons. The molecular weight excluding hydrogens is 324 g/mol. The van der Waals surface area contributed by atoms with Crippen molar-refractivity contribution in [1.82, 2.24) is 0 Å². The van der Waals surface area contributed by atoms with Crippen LogP contribution in [-0.2, 0) is 13.7 Å². The van der Waals surface area contributed by atoms with Crippen LogP contribution in [0.3, 0.4) is 0 Å². The van der Waals surface area contributed by atoms with Gasteiger partial charge in [0, 0.05) is 0 Å². The topological polar surface area (TPSA) is 265 Å². The van der Waals surface area contributed by atoms with Crippen molar-refractivity contribution in [1.29, 1.82) is 0 Å². The van der Waals surface area contributed by atoms with Crippen molar-refractivity contribution >= 4 is 23.5 Å². The molecule has 0 bridgehead atoms. The van der Waals surface area contributed by atoms with Gasteiger partial charge in [0.2, 0.25) is 0 Å². The van der Waals surface area contributed by atoms with Crippen LogP contribution >= 0.6 is 23.5 Å². The second kappa shape index (κ2) is 12.3. The Morgan fingerprint density at radius 2 is 0.529 bits per heavy atom. The molecule has 0 radical (unpaired) electrons. The van der Waals surface area contributed by atoms with Crippen molar-refractivity contribution in [3.8, 4) is 0 Å². The van der Waals surface area contributed by atoms with Crippen molar-refractivity contribution in [2.24, 2.45) is 0 Å². The molecule has 0 aliphatic rings. The SMILES string of the molecule is O.O=P(O)(O)O.O=P(O)(O)O.O=P(O)(O)O.[H-].[Na+]. The maximum atomic E-state index is 8.88. The van der Waals surface area contributed by atoms with Crippen LogP contribution in [0.2, 0.25) is 0 Å². The number of phosphoric acid groups is 3. The summed E-state index contributed by atoms with van der Waals surface area (Å²) < 4.78 is 26.6. The molecule has 0 aromatic rings. The zero-order chi connectivity index (χ0) is 13.5. The van der Waals surface area contributed by atoms with Crippen LogP contribution in [0, 0.1) is 0 Å². The van der Waals surface area contributed by atoms with Gasteiger partial charge in [0.15, 0.2) is 0 Å². The first-order valence-electron chi connectivity index (χ1n) is 2.35. The van der Waals surface area contributed by atoms with Gasteiger partial charge in [0.1, 0.15) is 0 Å². The molecule has 0 atom stereocenters. The second-order valence-electron chi connectivity index (χ2n) is 1.54. The average molecular weight is 336 g/mol. The standard InChI is InChI=1S/Na.3H3O4P.H2O.H/c;3*1-5(2,3)4;;/h;3*(H3,1,2,3,4);1H2;/q+1;;;;;-1. The van der Waals surface area contributed by atoms with Gasteiger partial charge in [-0.2, -0.15) is 0 Å². The van der Waals surface area contributed by atoms with Gasteiger partial charge in [-0.3, -0.25) is 0 Å². The van der Waals surface area contributed by atoms with Gasteiger partial charge in [0.25, 0.3) is 0 Å². The summed E-state index contributed by atoms with van der Waals surface area (Å²) in [6.45, 7) is 0. The van der Waals surface area contributed by atoms with Gasteiger partial charge in [-0.05, 0) is 0 Å². The first-order valence-corrected chi connectivity index (χ1v) is 7.04. The van der Waals surface area contributed by atoms with Crippen LogP contribution in [0.4, 0.5) is 0 Å². The largest absolute Gasteiger partial charge is 1.00 e. The maximum absolute atomic E-state index is 8.88. The van der Waals surface area contributed by atoms with Gasteiger partial charge >= 0.3 is 53.0 Å². The molecule has 0 saturated carbocycles. The third-order valence-corrected chi connectivity index (χ3v) is 0. The second-order valence-corrected chi connectivity index (χ2v) is 4.62. The summed E-state index contributed by atoms with van der Waals surface area (Å²) in [6, 6.07) is 0. The summed E-state index contributed by atoms with van der Waals surface area (Å²) >= 11 is 0. The fourth-order valence-corrected chi connectivity index (χ4v) is 0. The number of rotatable bonds is 0. The van der Waals surface area contributed by atoms with Gasteiger partial charge in [-0.25, -0.2) is 13.7 Å². The summed E-state index contributed by atoms with van der Waals surface area (Å²) in [5, 5.41) is 0. The minimum atomic E-state index is -4.64. The fraction of sp³-hybridized carbons (Fsp3) is 0. The Morgan fingerprint density at radius 1 is 0.529 bits per heavy atom. The Labute approximate surface area is 118 Å². The quantitative estimate of drug-likeness (QED) is 0.148. The Balaban J connectivity index is -0.0000000277. The van der Waals surface area contributed by atoms with E-state index >= 15 is 0 Å². The first kappa shape index (κ1) is 31.0. The average Bonchev–Trinajstić information content (AvgIpc) is 1.41. The predicted molar refractivity (Wildman–Crippen MR) is 47.5 cm³/mol. The molecule has 0 spiro atoms. The van der Waals surface area contributed by atoms with Crippen molar-refractivity contribution in [3.63, 3.8) is 0 Å². The van der Waals surface area contributed by atoms with E-state index in [0.29, 0.717) is 0 Å². The summed E-state index contributed by atoms with van der Waals surface area (Å²) in [5.41, 5.74) is 0. The predicted octanol–water partition coefficient (Wildman–Crippen LogP) is -6.49. The van der Waals surface area contributed by atoms with Crippen molar-refractivity contribution in [2.45, 2.75) is 0 Å². The Kier molecular flexibility index (Phi) is 22.5. The van der Waals surface area contributed by atoms with Crippen LogP contribution in [0.25, 0.3) is 0 Å². The molecule has 0 aromatic carbocycles. The van der Waals surface area contributed by atoms with E-state index in [0.717, 1.165) is 0 Å². The zero-order valence-corrected chi connectivity index (χ0v) is 12.8. The monoisotopic (exact) mass is 336 g/mol. The summed E-state index contributed by atoms with van der Waals surface area (Å²) in [7, 11) is -13.9. The molecule has 0 heterocycles. The van der Waals surface area contributed by atoms with Crippen LogP contribution in [0.5, 0.6) is 0 Å². The first-order chi connectivity index (χ1) is 6.00. The van der Waals surface area contributed by atoms with Crippen LogP contribution in [-0.4, -0.2) is 49.5 Å². The van der Waals surface area contributed by atoms with E-state index < -0.39 is 23.5 Å². The van der Waals surface area contributed by atoms with E-state index in [1.807, 2.05) is 0 Å². The van der Waals surface area contributed by atoms with E-state index in [4.69, 9.17) is 57.7 Å². The molecule has 0 fully saturated rings. The van der Waals surface area contributed by atoms with Crippen molar-refractivity contribution < 1.29 is 94.2 Å². The van der Waals surface area contributed by atoms with E-state index in [9.17, 15) is 0 Å². The molecule has 17 heavy (non-hydrogen) atoms. The van der Waals surface area contributed by atoms with Crippen LogP contribution < -0.4 is 29.6 Å². The minimum absolute atomic E-state index is 0. The number of hydrogen-bond acceptors (Lipinski definition) is 3. The van der Waals surface area contributed by atoms with Crippen molar-refractivity contribution in [2.75, 3.05) is 0 Å². The molecule has 0 aromatic heterocycles. The molecule has 0 amide bonds. The van der Waals surface area contributed by atoms with E-state index in [1.165, 1.54) is 0 Å². The smallest absolute Gasteiger partial charge is 1.00 e. The Hall–Kier alpha value is 1.29. The van der Waals surface area contributed by atoms with Gasteiger partial charge in [-0.1, -0.05) is 0 Å². The molecule has 11 N–H and O–H groups in total. The van der Waals surface area contributed by atoms with Crippen molar-refractivity contribution in [3.05, 3.63) is 0 Å². The van der Waals surface area contributed by atoms with Crippen LogP contribution in [0.1, 0.15) is 1.43 Å². The number of hydrogen-bond donors (Lipinski definition) is 9. The summed E-state index contributed by atoms with van der Waals surface area (Å²) in [4.78, 5) is 64.7. The summed E-state index contributed by atoms with van der Waals surface area (Å²) in [6.07, 6.45) is 0. The molecule has 13 nitrogen and oxygen atoms in total. The molecule has 0 aliphatic heterocycles. The van der Waals surface area contributed by atoms with E-state index in [1.54, 1.807) is 0 Å². The molecule has 0 unspecified atom stereocenters. The van der Waals surface area contributed by atoms with E-state index in [-0.39, 0.29) is 36.5 Å². The summed E-state index contributed by atoms with van der Waals surface area (Å²) in [5.74, 6) is 0. The van der Waals surface area contributed by atoms with Gasteiger partial charge in [0.05, 0.1) is 0 Å². The molecule has 0 aliphatic carbocycles. The minimum Gasteiger partial charge on any atom is -1.00 e.